The molecule has 0 unspecified atom stereocenters. The van der Waals surface area contributed by atoms with Gasteiger partial charge in [0.15, 0.2) is 0 Å². The van der Waals surface area contributed by atoms with Crippen molar-refractivity contribution in [3.63, 3.8) is 0 Å². The fourth-order valence-electron chi connectivity index (χ4n) is 1.72. The Morgan fingerprint density at radius 3 is 2.79 bits per heavy atom. The summed E-state index contributed by atoms with van der Waals surface area (Å²) in [5.41, 5.74) is 6.77. The van der Waals surface area contributed by atoms with E-state index in [1.807, 2.05) is 11.8 Å². The molecule has 0 saturated heterocycles. The largest absolute Gasteiger partial charge is 0.497 e. The predicted octanol–water partition coefficient (Wildman–Crippen LogP) is 2.54. The number of rotatable bonds is 8. The molecule has 19 heavy (non-hydrogen) atoms. The number of nitrogens with one attached hydrogen (secondary N) is 1. The lowest BCUT2D eigenvalue weighted by Crippen LogP contribution is -2.25. The average Bonchev–Trinajstić information content (AvgIpc) is 2.42. The minimum absolute atomic E-state index is 0.120. The Balaban J connectivity index is 2.37. The fourth-order valence-corrected chi connectivity index (χ4v) is 2.21. The Kier molecular flexibility index (Phi) is 7.18. The predicted molar refractivity (Wildman–Crippen MR) is 82.0 cm³/mol. The molecule has 0 spiro atoms. The maximum Gasteiger partial charge on any atom is 0.253 e. The quantitative estimate of drug-likeness (QED) is 0.568. The first-order valence-electron chi connectivity index (χ1n) is 6.39. The van der Waals surface area contributed by atoms with E-state index in [-0.39, 0.29) is 5.91 Å². The molecule has 3 N–H and O–H groups in total. The minimum Gasteiger partial charge on any atom is -0.497 e. The van der Waals surface area contributed by atoms with Crippen molar-refractivity contribution in [2.24, 2.45) is 0 Å². The van der Waals surface area contributed by atoms with E-state index in [1.54, 1.807) is 25.3 Å². The molecular weight excluding hydrogens is 260 g/mol. The number of hydrogen-bond acceptors (Lipinski definition) is 4. The Morgan fingerprint density at radius 1 is 1.37 bits per heavy atom. The van der Waals surface area contributed by atoms with Crippen LogP contribution in [0.2, 0.25) is 0 Å². The van der Waals surface area contributed by atoms with Crippen LogP contribution in [0, 0.1) is 0 Å². The number of carbonyl (C=O) groups is 1. The van der Waals surface area contributed by atoms with Gasteiger partial charge < -0.3 is 15.8 Å². The number of anilines is 1. The molecule has 5 heteroatoms. The summed E-state index contributed by atoms with van der Waals surface area (Å²) in [5.74, 6) is 1.72. The van der Waals surface area contributed by atoms with E-state index in [0.717, 1.165) is 12.8 Å². The molecule has 0 aliphatic rings. The second-order valence-electron chi connectivity index (χ2n) is 4.26. The highest BCUT2D eigenvalue weighted by molar-refractivity contribution is 7.98. The first-order valence-corrected chi connectivity index (χ1v) is 7.79. The van der Waals surface area contributed by atoms with Crippen LogP contribution < -0.4 is 15.8 Å². The molecule has 4 nitrogen and oxygen atoms in total. The molecule has 0 aliphatic carbocycles. The number of ether oxygens (including phenoxy) is 1. The van der Waals surface area contributed by atoms with Gasteiger partial charge >= 0.3 is 0 Å². The third-order valence-electron chi connectivity index (χ3n) is 2.81. The highest BCUT2D eigenvalue weighted by Crippen LogP contribution is 2.19. The molecule has 1 amide bonds. The van der Waals surface area contributed by atoms with Crippen LogP contribution in [0.5, 0.6) is 5.75 Å². The van der Waals surface area contributed by atoms with E-state index in [9.17, 15) is 4.79 Å². The van der Waals surface area contributed by atoms with Crippen LogP contribution in [0.3, 0.4) is 0 Å². The van der Waals surface area contributed by atoms with Crippen LogP contribution >= 0.6 is 11.8 Å². The van der Waals surface area contributed by atoms with Gasteiger partial charge in [0.25, 0.3) is 5.91 Å². The summed E-state index contributed by atoms with van der Waals surface area (Å²) in [7, 11) is 1.57. The molecule has 1 aromatic carbocycles. The molecule has 0 saturated carbocycles. The molecule has 0 aromatic heterocycles. The maximum atomic E-state index is 11.9. The standard InChI is InChI=1S/C14H22N2O2S/c1-18-11-6-7-12(13(15)10-11)14(17)16-8-4-3-5-9-19-2/h6-7,10H,3-5,8-9,15H2,1-2H3,(H,16,17). The van der Waals surface area contributed by atoms with Crippen LogP contribution in [-0.2, 0) is 0 Å². The molecule has 0 bridgehead atoms. The zero-order valence-corrected chi connectivity index (χ0v) is 12.4. The summed E-state index contributed by atoms with van der Waals surface area (Å²) in [5, 5.41) is 2.89. The van der Waals surface area contributed by atoms with Gasteiger partial charge in [-0.1, -0.05) is 6.42 Å². The van der Waals surface area contributed by atoms with Crippen molar-refractivity contribution in [1.29, 1.82) is 0 Å². The highest BCUT2D eigenvalue weighted by Gasteiger charge is 2.09. The third kappa shape index (κ3) is 5.42. The fraction of sp³-hybridized carbons (Fsp3) is 0.500. The van der Waals surface area contributed by atoms with Gasteiger partial charge in [-0.3, -0.25) is 4.79 Å². The van der Waals surface area contributed by atoms with Crippen molar-refractivity contribution in [1.82, 2.24) is 5.32 Å². The van der Waals surface area contributed by atoms with Crippen molar-refractivity contribution in [2.45, 2.75) is 19.3 Å². The number of methoxy groups -OCH3 is 1. The molecule has 1 aromatic rings. The Morgan fingerprint density at radius 2 is 2.16 bits per heavy atom. The van der Waals surface area contributed by atoms with Gasteiger partial charge in [-0.2, -0.15) is 11.8 Å². The van der Waals surface area contributed by atoms with Crippen molar-refractivity contribution < 1.29 is 9.53 Å². The number of nitrogen functional groups attached to an aromatic ring is 1. The lowest BCUT2D eigenvalue weighted by atomic mass is 10.1. The molecule has 0 atom stereocenters. The summed E-state index contributed by atoms with van der Waals surface area (Å²) < 4.78 is 5.05. The number of carbonyl (C=O) groups excluding carboxylic acids is 1. The number of benzene rings is 1. The van der Waals surface area contributed by atoms with Crippen LogP contribution in [0.1, 0.15) is 29.6 Å². The van der Waals surface area contributed by atoms with E-state index < -0.39 is 0 Å². The van der Waals surface area contributed by atoms with Crippen LogP contribution in [0.25, 0.3) is 0 Å². The number of nitrogens with two attached hydrogens (primary N) is 1. The van der Waals surface area contributed by atoms with E-state index >= 15 is 0 Å². The second kappa shape index (κ2) is 8.69. The Labute approximate surface area is 119 Å². The van der Waals surface area contributed by atoms with Crippen LogP contribution in [0.4, 0.5) is 5.69 Å². The third-order valence-corrected chi connectivity index (χ3v) is 3.51. The highest BCUT2D eigenvalue weighted by atomic mass is 32.2. The smallest absolute Gasteiger partial charge is 0.253 e. The lowest BCUT2D eigenvalue weighted by molar-refractivity contribution is 0.0954. The van der Waals surface area contributed by atoms with Gasteiger partial charge in [-0.05, 0) is 37.0 Å². The Hall–Kier alpha value is -1.36. The number of thioether (sulfide) groups is 1. The van der Waals surface area contributed by atoms with Gasteiger partial charge in [-0.25, -0.2) is 0 Å². The first kappa shape index (κ1) is 15.7. The number of amides is 1. The number of unbranched alkanes of at least 4 members (excludes halogenated alkanes) is 2. The van der Waals surface area contributed by atoms with Gasteiger partial charge in [0.05, 0.1) is 12.7 Å². The SMILES string of the molecule is COc1ccc(C(=O)NCCCCCSC)c(N)c1. The molecular formula is C14H22N2O2S. The van der Waals surface area contributed by atoms with Crippen LogP contribution in [-0.4, -0.2) is 31.6 Å². The van der Waals surface area contributed by atoms with E-state index in [0.29, 0.717) is 23.5 Å². The summed E-state index contributed by atoms with van der Waals surface area (Å²) in [6.07, 6.45) is 5.44. The summed E-state index contributed by atoms with van der Waals surface area (Å²) in [6.45, 7) is 0.693. The maximum absolute atomic E-state index is 11.9. The average molecular weight is 282 g/mol. The van der Waals surface area contributed by atoms with Crippen molar-refractivity contribution >= 4 is 23.4 Å². The van der Waals surface area contributed by atoms with Gasteiger partial charge in [0, 0.05) is 18.3 Å². The lowest BCUT2D eigenvalue weighted by Gasteiger charge is -2.08. The van der Waals surface area contributed by atoms with E-state index in [4.69, 9.17) is 10.5 Å². The molecule has 0 radical (unpaired) electrons. The summed E-state index contributed by atoms with van der Waals surface area (Å²) in [6, 6.07) is 5.09. The summed E-state index contributed by atoms with van der Waals surface area (Å²) in [4.78, 5) is 11.9. The minimum atomic E-state index is -0.120. The van der Waals surface area contributed by atoms with E-state index in [2.05, 4.69) is 11.6 Å². The van der Waals surface area contributed by atoms with Crippen molar-refractivity contribution in [2.75, 3.05) is 31.4 Å². The van der Waals surface area contributed by atoms with Gasteiger partial charge in [0.1, 0.15) is 5.75 Å². The normalized spacial score (nSPS) is 10.2. The zero-order chi connectivity index (χ0) is 14.1. The van der Waals surface area contributed by atoms with Crippen LogP contribution in [0.15, 0.2) is 18.2 Å². The van der Waals surface area contributed by atoms with Crippen molar-refractivity contribution in [3.8, 4) is 5.75 Å². The second-order valence-corrected chi connectivity index (χ2v) is 5.25. The molecule has 106 valence electrons. The first-order chi connectivity index (χ1) is 9.19. The molecule has 0 fully saturated rings. The number of hydrogen-bond donors (Lipinski definition) is 2. The molecule has 1 rings (SSSR count). The zero-order valence-electron chi connectivity index (χ0n) is 11.6. The topological polar surface area (TPSA) is 64.3 Å². The van der Waals surface area contributed by atoms with Crippen molar-refractivity contribution in [3.05, 3.63) is 23.8 Å². The van der Waals surface area contributed by atoms with Gasteiger partial charge in [0.2, 0.25) is 0 Å². The molecule has 0 aliphatic heterocycles. The molecule has 0 heterocycles. The van der Waals surface area contributed by atoms with Gasteiger partial charge in [-0.15, -0.1) is 0 Å². The summed E-state index contributed by atoms with van der Waals surface area (Å²) >= 11 is 1.85. The monoisotopic (exact) mass is 282 g/mol. The van der Waals surface area contributed by atoms with E-state index in [1.165, 1.54) is 12.2 Å². The Bertz CT molecular complexity index is 410.